The molecule has 0 heterocycles. The van der Waals surface area contributed by atoms with Crippen molar-refractivity contribution in [3.8, 4) is 0 Å². The van der Waals surface area contributed by atoms with Crippen LogP contribution < -0.4 is 16.0 Å². The van der Waals surface area contributed by atoms with Gasteiger partial charge in [-0.1, -0.05) is 60.7 Å². The Kier molecular flexibility index (Phi) is 10.3. The van der Waals surface area contributed by atoms with Gasteiger partial charge < -0.3 is 21.3 Å². The number of carboxylic acids is 2. The summed E-state index contributed by atoms with van der Waals surface area (Å²) in [7, 11) is -3.96. The van der Waals surface area contributed by atoms with E-state index in [0.29, 0.717) is 0 Å². The first-order valence-electron chi connectivity index (χ1n) is 12.5. The first kappa shape index (κ1) is 30.3. The van der Waals surface area contributed by atoms with E-state index in [1.807, 2.05) is 42.5 Å². The van der Waals surface area contributed by atoms with Crippen molar-refractivity contribution >= 4 is 50.1 Å². The monoisotopic (exact) mass is 569 g/mol. The number of carbonyl (C=O) groups excluding carboxylic acids is 2. The number of aryl methyl sites for hydroxylation is 1. The van der Waals surface area contributed by atoms with E-state index >= 15 is 0 Å². The topological polar surface area (TPSA) is 184 Å². The number of hydrogen-bond donors (Lipinski definition) is 4. The molecular formula is C28H31N3O8S. The summed E-state index contributed by atoms with van der Waals surface area (Å²) in [5.74, 6) is -5.48. The lowest BCUT2D eigenvalue weighted by Gasteiger charge is -2.27. The first-order valence-corrected chi connectivity index (χ1v) is 14.3. The molecule has 5 N–H and O–H groups in total. The summed E-state index contributed by atoms with van der Waals surface area (Å²) in [6.07, 6.45) is -0.464. The number of sulfone groups is 1. The summed E-state index contributed by atoms with van der Waals surface area (Å²) in [6, 6.07) is 17.9. The number of nitrogens with two attached hydrogens (primary N) is 1. The van der Waals surface area contributed by atoms with Gasteiger partial charge in [0.1, 0.15) is 18.6 Å². The van der Waals surface area contributed by atoms with E-state index in [9.17, 15) is 32.7 Å². The predicted octanol–water partition coefficient (Wildman–Crippen LogP) is 1.59. The van der Waals surface area contributed by atoms with Crippen LogP contribution in [0.3, 0.4) is 0 Å². The summed E-state index contributed by atoms with van der Waals surface area (Å²) < 4.78 is 26.5. The standard InChI is InChI=1S/C28H31N3O8S/c29-23(28(36)37)13-14-25(32)30-24(27(35)31(17-26(33)34)21-10-2-1-3-11-21)18-40(38,39)16-15-20-9-6-8-19-7-4-5-12-22(19)20/h1-12,23-24H,13-18,29H2,(H,30,32)(H,33,34)(H,36,37)/t23-,24-/m0/s1. The van der Waals surface area contributed by atoms with Crippen LogP contribution >= 0.6 is 0 Å². The van der Waals surface area contributed by atoms with E-state index in [1.165, 1.54) is 12.1 Å². The molecule has 3 aromatic carbocycles. The third-order valence-electron chi connectivity index (χ3n) is 6.24. The Balaban J connectivity index is 1.84. The molecule has 0 unspecified atom stereocenters. The van der Waals surface area contributed by atoms with E-state index in [4.69, 9.17) is 10.8 Å². The van der Waals surface area contributed by atoms with E-state index in [1.54, 1.807) is 18.2 Å². The number of benzene rings is 3. The number of carboxylic acid groups (broad SMARTS) is 2. The molecule has 12 heteroatoms. The summed E-state index contributed by atoms with van der Waals surface area (Å²) >= 11 is 0. The van der Waals surface area contributed by atoms with Crippen LogP contribution in [-0.4, -0.2) is 72.5 Å². The number of para-hydroxylation sites is 1. The number of fused-ring (bicyclic) bond motifs is 1. The van der Waals surface area contributed by atoms with Crippen molar-refractivity contribution in [3.63, 3.8) is 0 Å². The third kappa shape index (κ3) is 8.61. The van der Waals surface area contributed by atoms with Crippen LogP contribution in [0.15, 0.2) is 72.8 Å². The molecule has 0 bridgehead atoms. The highest BCUT2D eigenvalue weighted by molar-refractivity contribution is 7.91. The van der Waals surface area contributed by atoms with Crippen molar-refractivity contribution in [1.29, 1.82) is 0 Å². The van der Waals surface area contributed by atoms with Gasteiger partial charge in [0.05, 0.1) is 11.5 Å². The predicted molar refractivity (Wildman–Crippen MR) is 150 cm³/mol. The minimum Gasteiger partial charge on any atom is -0.480 e. The van der Waals surface area contributed by atoms with Crippen LogP contribution in [0.1, 0.15) is 18.4 Å². The lowest BCUT2D eigenvalue weighted by molar-refractivity contribution is -0.139. The van der Waals surface area contributed by atoms with Crippen molar-refractivity contribution in [2.45, 2.75) is 31.3 Å². The van der Waals surface area contributed by atoms with Crippen LogP contribution in [0.25, 0.3) is 10.8 Å². The minimum atomic E-state index is -3.96. The maximum Gasteiger partial charge on any atom is 0.323 e. The number of hydrogen-bond acceptors (Lipinski definition) is 7. The van der Waals surface area contributed by atoms with Crippen LogP contribution in [0.2, 0.25) is 0 Å². The lowest BCUT2D eigenvalue weighted by atomic mass is 10.0. The van der Waals surface area contributed by atoms with Gasteiger partial charge in [-0.15, -0.1) is 0 Å². The highest BCUT2D eigenvalue weighted by atomic mass is 32.2. The van der Waals surface area contributed by atoms with Gasteiger partial charge in [-0.3, -0.25) is 24.1 Å². The molecule has 0 aliphatic heterocycles. The van der Waals surface area contributed by atoms with Gasteiger partial charge in [0, 0.05) is 12.1 Å². The fourth-order valence-electron chi connectivity index (χ4n) is 4.19. The second-order valence-electron chi connectivity index (χ2n) is 9.26. The van der Waals surface area contributed by atoms with E-state index in [2.05, 4.69) is 5.32 Å². The normalized spacial score (nSPS) is 12.8. The van der Waals surface area contributed by atoms with E-state index < -0.39 is 58.0 Å². The summed E-state index contributed by atoms with van der Waals surface area (Å²) in [4.78, 5) is 49.6. The van der Waals surface area contributed by atoms with E-state index in [0.717, 1.165) is 21.2 Å². The van der Waals surface area contributed by atoms with Crippen LogP contribution in [0.5, 0.6) is 0 Å². The lowest BCUT2D eigenvalue weighted by Crippen LogP contribution is -2.53. The molecular weight excluding hydrogens is 538 g/mol. The molecule has 2 amide bonds. The smallest absolute Gasteiger partial charge is 0.323 e. The highest BCUT2D eigenvalue weighted by Crippen LogP contribution is 2.20. The summed E-state index contributed by atoms with van der Waals surface area (Å²) in [5, 5.41) is 22.6. The number of aliphatic carboxylic acids is 2. The average Bonchev–Trinajstić information content (AvgIpc) is 2.93. The molecule has 0 spiro atoms. The SMILES string of the molecule is N[C@@H](CCC(=O)N[C@@H](CS(=O)(=O)CCc1cccc2ccccc12)C(=O)N(CC(=O)O)c1ccccc1)C(=O)O. The molecule has 3 rings (SSSR count). The van der Waals surface area contributed by atoms with Crippen molar-refractivity contribution in [2.75, 3.05) is 23.0 Å². The molecule has 0 aliphatic carbocycles. The molecule has 0 radical (unpaired) electrons. The van der Waals surface area contributed by atoms with Crippen LogP contribution in [0, 0.1) is 0 Å². The number of rotatable bonds is 14. The number of nitrogens with zero attached hydrogens (tertiary/aromatic N) is 1. The van der Waals surface area contributed by atoms with Gasteiger partial charge in [0.2, 0.25) is 5.91 Å². The summed E-state index contributed by atoms with van der Waals surface area (Å²) in [5.41, 5.74) is 6.46. The minimum absolute atomic E-state index is 0.156. The zero-order valence-electron chi connectivity index (χ0n) is 21.6. The van der Waals surface area contributed by atoms with Crippen molar-refractivity contribution in [2.24, 2.45) is 5.73 Å². The Hall–Kier alpha value is -4.29. The number of amides is 2. The van der Waals surface area contributed by atoms with Gasteiger partial charge in [0.15, 0.2) is 9.84 Å². The Bertz CT molecular complexity index is 1470. The van der Waals surface area contributed by atoms with Gasteiger partial charge >= 0.3 is 11.9 Å². The second-order valence-corrected chi connectivity index (χ2v) is 11.5. The average molecular weight is 570 g/mol. The molecule has 2 atom stereocenters. The van der Waals surface area contributed by atoms with Crippen molar-refractivity contribution < 1.29 is 37.8 Å². The van der Waals surface area contributed by atoms with Gasteiger partial charge in [-0.05, 0) is 41.3 Å². The molecule has 3 aromatic rings. The molecule has 11 nitrogen and oxygen atoms in total. The number of carbonyl (C=O) groups is 4. The third-order valence-corrected chi connectivity index (χ3v) is 7.91. The number of nitrogens with one attached hydrogen (secondary N) is 1. The van der Waals surface area contributed by atoms with Crippen molar-refractivity contribution in [1.82, 2.24) is 5.32 Å². The second kappa shape index (κ2) is 13.7. The Morgan fingerprint density at radius 2 is 1.55 bits per heavy atom. The Morgan fingerprint density at radius 1 is 0.900 bits per heavy atom. The van der Waals surface area contributed by atoms with Crippen LogP contribution in [-0.2, 0) is 35.4 Å². The Morgan fingerprint density at radius 3 is 2.23 bits per heavy atom. The Labute approximate surface area is 231 Å². The molecule has 0 aliphatic rings. The fourth-order valence-corrected chi connectivity index (χ4v) is 5.62. The van der Waals surface area contributed by atoms with Gasteiger partial charge in [-0.25, -0.2) is 8.42 Å². The van der Waals surface area contributed by atoms with E-state index in [-0.39, 0.29) is 30.7 Å². The highest BCUT2D eigenvalue weighted by Gasteiger charge is 2.32. The molecule has 212 valence electrons. The molecule has 0 fully saturated rings. The van der Waals surface area contributed by atoms with Crippen LogP contribution in [0.4, 0.5) is 5.69 Å². The zero-order chi connectivity index (χ0) is 29.3. The first-order chi connectivity index (χ1) is 19.0. The van der Waals surface area contributed by atoms with Gasteiger partial charge in [0.25, 0.3) is 5.91 Å². The molecule has 0 saturated carbocycles. The van der Waals surface area contributed by atoms with Crippen molar-refractivity contribution in [3.05, 3.63) is 78.4 Å². The molecule has 0 saturated heterocycles. The fraction of sp³-hybridized carbons (Fsp3) is 0.286. The maximum absolute atomic E-state index is 13.6. The zero-order valence-corrected chi connectivity index (χ0v) is 22.4. The maximum atomic E-state index is 13.6. The largest absolute Gasteiger partial charge is 0.480 e. The quantitative estimate of drug-likeness (QED) is 0.224. The van der Waals surface area contributed by atoms with Gasteiger partial charge in [-0.2, -0.15) is 0 Å². The molecule has 0 aromatic heterocycles. The summed E-state index contributed by atoms with van der Waals surface area (Å²) in [6.45, 7) is -0.769. The molecule has 40 heavy (non-hydrogen) atoms. The number of anilines is 1.